The SMILES string of the molecule is CCN(CC)CCN1C(=O)C(=O)C(=C(O)c2ccc(OC(C)C)c(C)c2)C1c1ccc(OCc2ccccc2)c(OC)c1. The number of hydrogen-bond donors (Lipinski definition) is 1. The van der Waals surface area contributed by atoms with Crippen molar-refractivity contribution in [3.8, 4) is 17.2 Å². The molecule has 3 aromatic carbocycles. The molecule has 1 aliphatic rings. The van der Waals surface area contributed by atoms with Gasteiger partial charge in [-0.05, 0) is 80.9 Å². The lowest BCUT2D eigenvalue weighted by Gasteiger charge is -2.28. The summed E-state index contributed by atoms with van der Waals surface area (Å²) in [7, 11) is 1.55. The van der Waals surface area contributed by atoms with Crippen LogP contribution in [0.25, 0.3) is 5.76 Å². The maximum atomic E-state index is 13.6. The summed E-state index contributed by atoms with van der Waals surface area (Å²) in [6.07, 6.45) is -0.0103. The summed E-state index contributed by atoms with van der Waals surface area (Å²) in [6, 6.07) is 19.6. The number of carbonyl (C=O) groups is 2. The van der Waals surface area contributed by atoms with Crippen LogP contribution in [0.15, 0.2) is 72.3 Å². The Morgan fingerprint density at radius 3 is 2.28 bits per heavy atom. The fourth-order valence-electron chi connectivity index (χ4n) is 5.29. The number of ether oxygens (including phenoxy) is 3. The molecule has 3 aromatic rings. The van der Waals surface area contributed by atoms with E-state index in [1.807, 2.05) is 57.2 Å². The van der Waals surface area contributed by atoms with Crippen LogP contribution in [0.2, 0.25) is 0 Å². The number of ketones is 1. The second kappa shape index (κ2) is 14.2. The molecule has 43 heavy (non-hydrogen) atoms. The molecule has 0 aromatic heterocycles. The summed E-state index contributed by atoms with van der Waals surface area (Å²) in [6.45, 7) is 12.8. The minimum Gasteiger partial charge on any atom is -0.507 e. The predicted molar refractivity (Wildman–Crippen MR) is 168 cm³/mol. The average molecular weight is 587 g/mol. The molecule has 8 nitrogen and oxygen atoms in total. The number of likely N-dealkylation sites (N-methyl/N-ethyl adjacent to an activating group) is 1. The fraction of sp³-hybridized carbons (Fsp3) is 0.371. The number of rotatable bonds is 13. The van der Waals surface area contributed by atoms with Crippen LogP contribution in [0.3, 0.4) is 0 Å². The van der Waals surface area contributed by atoms with Crippen molar-refractivity contribution in [2.45, 2.75) is 53.4 Å². The second-order valence-corrected chi connectivity index (χ2v) is 10.9. The van der Waals surface area contributed by atoms with E-state index in [2.05, 4.69) is 18.7 Å². The van der Waals surface area contributed by atoms with Crippen molar-refractivity contribution < 1.29 is 28.9 Å². The molecule has 0 spiro atoms. The third-order valence-corrected chi connectivity index (χ3v) is 7.64. The van der Waals surface area contributed by atoms with Crippen molar-refractivity contribution in [1.82, 2.24) is 9.80 Å². The molecule has 4 rings (SSSR count). The molecule has 1 amide bonds. The number of likely N-dealkylation sites (tertiary alicyclic amines) is 1. The van der Waals surface area contributed by atoms with Gasteiger partial charge in [0.05, 0.1) is 24.8 Å². The first-order valence-corrected chi connectivity index (χ1v) is 14.8. The van der Waals surface area contributed by atoms with E-state index < -0.39 is 17.7 Å². The van der Waals surface area contributed by atoms with E-state index in [9.17, 15) is 14.7 Å². The van der Waals surface area contributed by atoms with Gasteiger partial charge in [0.25, 0.3) is 11.7 Å². The van der Waals surface area contributed by atoms with E-state index in [1.165, 1.54) is 0 Å². The second-order valence-electron chi connectivity index (χ2n) is 10.9. The quantitative estimate of drug-likeness (QED) is 0.146. The summed E-state index contributed by atoms with van der Waals surface area (Å²) in [4.78, 5) is 30.8. The van der Waals surface area contributed by atoms with Crippen LogP contribution in [0.5, 0.6) is 17.2 Å². The highest BCUT2D eigenvalue weighted by Gasteiger charge is 2.46. The van der Waals surface area contributed by atoms with Gasteiger partial charge in [0.1, 0.15) is 18.1 Å². The van der Waals surface area contributed by atoms with Crippen molar-refractivity contribution >= 4 is 17.4 Å². The molecule has 1 unspecified atom stereocenters. The first-order valence-electron chi connectivity index (χ1n) is 14.8. The Hall–Kier alpha value is -4.30. The highest BCUT2D eigenvalue weighted by atomic mass is 16.5. The van der Waals surface area contributed by atoms with E-state index in [0.717, 1.165) is 24.2 Å². The fourth-order valence-corrected chi connectivity index (χ4v) is 5.29. The Morgan fingerprint density at radius 2 is 1.65 bits per heavy atom. The largest absolute Gasteiger partial charge is 0.507 e. The number of carbonyl (C=O) groups excluding carboxylic acids is 2. The summed E-state index contributed by atoms with van der Waals surface area (Å²) in [5, 5.41) is 11.6. The number of aliphatic hydroxyl groups excluding tert-OH is 1. The van der Waals surface area contributed by atoms with Crippen molar-refractivity contribution in [3.05, 3.63) is 94.6 Å². The van der Waals surface area contributed by atoms with Crippen LogP contribution < -0.4 is 14.2 Å². The molecule has 0 radical (unpaired) electrons. The van der Waals surface area contributed by atoms with Gasteiger partial charge in [-0.25, -0.2) is 0 Å². The Kier molecular flexibility index (Phi) is 10.5. The molecule has 228 valence electrons. The third kappa shape index (κ3) is 7.20. The van der Waals surface area contributed by atoms with Crippen LogP contribution in [0.4, 0.5) is 0 Å². The average Bonchev–Trinajstić information content (AvgIpc) is 3.26. The lowest BCUT2D eigenvalue weighted by molar-refractivity contribution is -0.140. The highest BCUT2D eigenvalue weighted by molar-refractivity contribution is 6.46. The molecule has 1 N–H and O–H groups in total. The topological polar surface area (TPSA) is 88.5 Å². The van der Waals surface area contributed by atoms with Crippen molar-refractivity contribution in [2.75, 3.05) is 33.3 Å². The first-order chi connectivity index (χ1) is 20.7. The van der Waals surface area contributed by atoms with Gasteiger partial charge in [0, 0.05) is 18.7 Å². The van der Waals surface area contributed by atoms with Crippen LogP contribution in [0, 0.1) is 6.92 Å². The molecule has 1 atom stereocenters. The Balaban J connectivity index is 1.76. The lowest BCUT2D eigenvalue weighted by atomic mass is 9.94. The number of methoxy groups -OCH3 is 1. The molecule has 0 aliphatic carbocycles. The van der Waals surface area contributed by atoms with Crippen LogP contribution in [-0.2, 0) is 16.2 Å². The number of benzene rings is 3. The van der Waals surface area contributed by atoms with Gasteiger partial charge in [0.2, 0.25) is 0 Å². The molecular weight excluding hydrogens is 544 g/mol. The van der Waals surface area contributed by atoms with Crippen LogP contribution in [-0.4, -0.2) is 66.0 Å². The zero-order valence-electron chi connectivity index (χ0n) is 25.9. The van der Waals surface area contributed by atoms with Crippen molar-refractivity contribution in [1.29, 1.82) is 0 Å². The summed E-state index contributed by atoms with van der Waals surface area (Å²) >= 11 is 0. The predicted octanol–water partition coefficient (Wildman–Crippen LogP) is 6.13. The normalized spacial score (nSPS) is 16.3. The molecule has 1 fully saturated rings. The molecule has 0 saturated carbocycles. The highest BCUT2D eigenvalue weighted by Crippen LogP contribution is 2.42. The number of amides is 1. The summed E-state index contributed by atoms with van der Waals surface area (Å²) in [5.41, 5.74) is 2.95. The van der Waals surface area contributed by atoms with Crippen molar-refractivity contribution in [3.63, 3.8) is 0 Å². The summed E-state index contributed by atoms with van der Waals surface area (Å²) in [5.74, 6) is 0.111. The van der Waals surface area contributed by atoms with Gasteiger partial charge in [-0.1, -0.05) is 50.2 Å². The monoisotopic (exact) mass is 586 g/mol. The maximum Gasteiger partial charge on any atom is 0.295 e. The standard InChI is InChI=1S/C35H42N2O6/c1-7-36(8-2)18-19-37-32(26-14-17-29(30(21-26)41-6)42-22-25-12-10-9-11-13-25)31(34(39)35(37)40)33(38)27-15-16-28(24(5)20-27)43-23(3)4/h9-17,20-21,23,32,38H,7-8,18-19,22H2,1-6H3. The molecule has 1 saturated heterocycles. The number of aliphatic hydroxyl groups is 1. The Morgan fingerprint density at radius 1 is 0.953 bits per heavy atom. The number of Topliss-reactive ketones (excluding diaryl/α,β-unsaturated/α-hetero) is 1. The number of aryl methyl sites for hydroxylation is 1. The molecule has 1 aliphatic heterocycles. The van der Waals surface area contributed by atoms with E-state index in [4.69, 9.17) is 14.2 Å². The van der Waals surface area contributed by atoms with Gasteiger partial charge in [-0.3, -0.25) is 9.59 Å². The van der Waals surface area contributed by atoms with Crippen molar-refractivity contribution in [2.24, 2.45) is 0 Å². The van der Waals surface area contributed by atoms with E-state index in [-0.39, 0.29) is 17.4 Å². The first kappa shape index (κ1) is 31.6. The Bertz CT molecular complexity index is 1460. The van der Waals surface area contributed by atoms with E-state index >= 15 is 0 Å². The number of hydrogen-bond acceptors (Lipinski definition) is 7. The molecule has 1 heterocycles. The van der Waals surface area contributed by atoms with E-state index in [1.54, 1.807) is 42.3 Å². The summed E-state index contributed by atoms with van der Waals surface area (Å²) < 4.78 is 17.6. The zero-order chi connectivity index (χ0) is 31.1. The van der Waals surface area contributed by atoms with E-state index in [0.29, 0.717) is 48.1 Å². The Labute approximate surface area is 254 Å². The van der Waals surface area contributed by atoms with Gasteiger partial charge < -0.3 is 29.1 Å². The van der Waals surface area contributed by atoms with Crippen LogP contribution >= 0.6 is 0 Å². The van der Waals surface area contributed by atoms with Crippen LogP contribution in [0.1, 0.15) is 56.0 Å². The maximum absolute atomic E-state index is 13.6. The smallest absolute Gasteiger partial charge is 0.295 e. The molecule has 0 bridgehead atoms. The van der Waals surface area contributed by atoms with Gasteiger partial charge >= 0.3 is 0 Å². The molecule has 8 heteroatoms. The lowest BCUT2D eigenvalue weighted by Crippen LogP contribution is -2.38. The number of nitrogens with zero attached hydrogens (tertiary/aromatic N) is 2. The zero-order valence-corrected chi connectivity index (χ0v) is 25.9. The minimum atomic E-state index is -0.806. The van der Waals surface area contributed by atoms with Gasteiger partial charge in [-0.2, -0.15) is 0 Å². The van der Waals surface area contributed by atoms with Gasteiger partial charge in [-0.15, -0.1) is 0 Å². The third-order valence-electron chi connectivity index (χ3n) is 7.64. The minimum absolute atomic E-state index is 0.0103. The van der Waals surface area contributed by atoms with Gasteiger partial charge in [0.15, 0.2) is 11.5 Å². The molecular formula is C35H42N2O6.